The Balaban J connectivity index is 2.01. The van der Waals surface area contributed by atoms with Gasteiger partial charge in [-0.15, -0.1) is 5.10 Å². The number of aryl methyl sites for hydroxylation is 3. The van der Waals surface area contributed by atoms with Crippen molar-refractivity contribution in [3.05, 3.63) is 57.6 Å². The number of rotatable bonds is 3. The third kappa shape index (κ3) is 2.75. The lowest BCUT2D eigenvalue weighted by atomic mass is 10.2. The molecule has 0 amide bonds. The standard InChI is InChI=1S/C15H16N6S/c1-10-4-6-13(7-5-10)9-16-21-14(17-18-15(21)22)20-12(3)8-11(2)19-20/h4-9H,1-3H3,(H,18,22)/b16-9-. The first-order chi connectivity index (χ1) is 10.5. The quantitative estimate of drug-likeness (QED) is 0.597. The molecule has 0 radical (unpaired) electrons. The van der Waals surface area contributed by atoms with Crippen LogP contribution in [0.25, 0.3) is 5.95 Å². The highest BCUT2D eigenvalue weighted by atomic mass is 32.1. The highest BCUT2D eigenvalue weighted by Gasteiger charge is 2.11. The summed E-state index contributed by atoms with van der Waals surface area (Å²) in [5.74, 6) is 0.541. The summed E-state index contributed by atoms with van der Waals surface area (Å²) in [7, 11) is 0. The number of benzene rings is 1. The zero-order valence-electron chi connectivity index (χ0n) is 12.6. The number of nitrogens with one attached hydrogen (secondary N) is 1. The van der Waals surface area contributed by atoms with Gasteiger partial charge in [0.1, 0.15) is 0 Å². The molecule has 0 aliphatic rings. The van der Waals surface area contributed by atoms with Gasteiger partial charge in [-0.25, -0.2) is 9.78 Å². The van der Waals surface area contributed by atoms with Crippen molar-refractivity contribution in [1.82, 2.24) is 24.7 Å². The Kier molecular flexibility index (Phi) is 3.72. The van der Waals surface area contributed by atoms with E-state index < -0.39 is 0 Å². The molecule has 6 nitrogen and oxygen atoms in total. The lowest BCUT2D eigenvalue weighted by Gasteiger charge is -2.02. The fraction of sp³-hybridized carbons (Fsp3) is 0.200. The Morgan fingerprint density at radius 1 is 1.18 bits per heavy atom. The molecule has 0 fully saturated rings. The third-order valence-electron chi connectivity index (χ3n) is 3.23. The molecule has 0 aliphatic heterocycles. The first-order valence-corrected chi connectivity index (χ1v) is 7.27. The molecule has 0 unspecified atom stereocenters. The number of aromatic amines is 1. The van der Waals surface area contributed by atoms with Gasteiger partial charge in [-0.1, -0.05) is 29.8 Å². The van der Waals surface area contributed by atoms with Gasteiger partial charge < -0.3 is 0 Å². The molecule has 112 valence electrons. The van der Waals surface area contributed by atoms with Crippen LogP contribution in [0.15, 0.2) is 35.4 Å². The van der Waals surface area contributed by atoms with Crippen LogP contribution in [0.1, 0.15) is 22.5 Å². The van der Waals surface area contributed by atoms with Gasteiger partial charge in [0.25, 0.3) is 5.95 Å². The molecule has 1 aromatic carbocycles. The Hall–Kier alpha value is -2.54. The van der Waals surface area contributed by atoms with Gasteiger partial charge in [0, 0.05) is 5.69 Å². The van der Waals surface area contributed by atoms with Gasteiger partial charge in [0.15, 0.2) is 0 Å². The van der Waals surface area contributed by atoms with Crippen LogP contribution < -0.4 is 0 Å². The topological polar surface area (TPSA) is 63.8 Å². The maximum atomic E-state index is 5.25. The normalized spacial score (nSPS) is 11.4. The van der Waals surface area contributed by atoms with Crippen molar-refractivity contribution >= 4 is 18.4 Å². The van der Waals surface area contributed by atoms with Crippen molar-refractivity contribution < 1.29 is 0 Å². The number of hydrogen-bond donors (Lipinski definition) is 1. The number of H-pyrrole nitrogens is 1. The van der Waals surface area contributed by atoms with Crippen molar-refractivity contribution in [1.29, 1.82) is 0 Å². The summed E-state index contributed by atoms with van der Waals surface area (Å²) in [5, 5.41) is 15.8. The predicted octanol–water partition coefficient (Wildman–Crippen LogP) is 2.93. The van der Waals surface area contributed by atoms with Crippen LogP contribution in [-0.2, 0) is 0 Å². The van der Waals surface area contributed by atoms with Crippen LogP contribution in [0.4, 0.5) is 0 Å². The van der Waals surface area contributed by atoms with Crippen molar-refractivity contribution in [2.45, 2.75) is 20.8 Å². The zero-order chi connectivity index (χ0) is 15.7. The second-order valence-corrected chi connectivity index (χ2v) is 5.52. The molecule has 2 heterocycles. The van der Waals surface area contributed by atoms with Gasteiger partial charge in [-0.3, -0.25) is 0 Å². The second kappa shape index (κ2) is 5.69. The lowest BCUT2D eigenvalue weighted by molar-refractivity contribution is 0.714. The summed E-state index contributed by atoms with van der Waals surface area (Å²) in [6, 6.07) is 10.1. The third-order valence-corrected chi connectivity index (χ3v) is 3.50. The summed E-state index contributed by atoms with van der Waals surface area (Å²) >= 11 is 5.25. The molecule has 2 aromatic heterocycles. The number of hydrogen-bond acceptors (Lipinski definition) is 4. The van der Waals surface area contributed by atoms with Crippen LogP contribution in [0.3, 0.4) is 0 Å². The minimum atomic E-state index is 0.422. The van der Waals surface area contributed by atoms with E-state index in [1.807, 2.05) is 51.1 Å². The Labute approximate surface area is 133 Å². The van der Waals surface area contributed by atoms with E-state index in [-0.39, 0.29) is 0 Å². The largest absolute Gasteiger partial charge is 0.271 e. The molecule has 1 N–H and O–H groups in total. The smallest absolute Gasteiger partial charge is 0.248 e. The average Bonchev–Trinajstić information content (AvgIpc) is 3.00. The Morgan fingerprint density at radius 2 is 1.91 bits per heavy atom. The molecule has 0 bridgehead atoms. The molecule has 0 aliphatic carbocycles. The van der Waals surface area contributed by atoms with Crippen LogP contribution in [-0.4, -0.2) is 30.9 Å². The molecular weight excluding hydrogens is 296 g/mol. The first-order valence-electron chi connectivity index (χ1n) is 6.86. The molecule has 0 spiro atoms. The Morgan fingerprint density at radius 3 is 2.55 bits per heavy atom. The van der Waals surface area contributed by atoms with E-state index >= 15 is 0 Å². The molecule has 0 atom stereocenters. The highest BCUT2D eigenvalue weighted by Crippen LogP contribution is 2.10. The Bertz CT molecular complexity index is 882. The van der Waals surface area contributed by atoms with E-state index in [4.69, 9.17) is 12.2 Å². The summed E-state index contributed by atoms with van der Waals surface area (Å²) < 4.78 is 3.70. The van der Waals surface area contributed by atoms with Gasteiger partial charge in [-0.05, 0) is 44.6 Å². The van der Waals surface area contributed by atoms with E-state index in [1.54, 1.807) is 15.6 Å². The van der Waals surface area contributed by atoms with Gasteiger partial charge in [0.05, 0.1) is 11.9 Å². The monoisotopic (exact) mass is 312 g/mol. The van der Waals surface area contributed by atoms with Crippen molar-refractivity contribution in [3.63, 3.8) is 0 Å². The molecule has 3 rings (SSSR count). The van der Waals surface area contributed by atoms with Crippen molar-refractivity contribution in [2.24, 2.45) is 5.10 Å². The van der Waals surface area contributed by atoms with E-state index in [9.17, 15) is 0 Å². The zero-order valence-corrected chi connectivity index (χ0v) is 13.4. The van der Waals surface area contributed by atoms with Gasteiger partial charge in [0.2, 0.25) is 4.77 Å². The van der Waals surface area contributed by atoms with Gasteiger partial charge in [-0.2, -0.15) is 14.9 Å². The second-order valence-electron chi connectivity index (χ2n) is 5.13. The average molecular weight is 312 g/mol. The maximum absolute atomic E-state index is 5.25. The molecule has 3 aromatic rings. The lowest BCUT2D eigenvalue weighted by Crippen LogP contribution is -2.07. The summed E-state index contributed by atoms with van der Waals surface area (Å²) in [6.45, 7) is 5.95. The minimum Gasteiger partial charge on any atom is -0.248 e. The van der Waals surface area contributed by atoms with Crippen LogP contribution in [0, 0.1) is 25.5 Å². The molecule has 0 saturated heterocycles. The van der Waals surface area contributed by atoms with E-state index in [0.29, 0.717) is 10.7 Å². The fourth-order valence-electron chi connectivity index (χ4n) is 2.13. The molecule has 0 saturated carbocycles. The fourth-order valence-corrected chi connectivity index (χ4v) is 2.31. The predicted molar refractivity (Wildman–Crippen MR) is 88.2 cm³/mol. The van der Waals surface area contributed by atoms with Crippen LogP contribution >= 0.6 is 12.2 Å². The number of nitrogens with zero attached hydrogens (tertiary/aromatic N) is 5. The van der Waals surface area contributed by atoms with Crippen LogP contribution in [0.5, 0.6) is 0 Å². The summed E-state index contributed by atoms with van der Waals surface area (Å²) in [5.41, 5.74) is 4.09. The van der Waals surface area contributed by atoms with Gasteiger partial charge >= 0.3 is 0 Å². The van der Waals surface area contributed by atoms with Crippen molar-refractivity contribution in [3.8, 4) is 5.95 Å². The molecule has 22 heavy (non-hydrogen) atoms. The number of aromatic nitrogens is 5. The minimum absolute atomic E-state index is 0.422. The molecule has 7 heteroatoms. The van der Waals surface area contributed by atoms with E-state index in [1.165, 1.54) is 5.56 Å². The summed E-state index contributed by atoms with van der Waals surface area (Å²) in [4.78, 5) is 0. The molecular formula is C15H16N6S. The van der Waals surface area contributed by atoms with E-state index in [2.05, 4.69) is 20.4 Å². The SMILES string of the molecule is Cc1ccc(/C=N\n2c(-n3nc(C)cc3C)n[nH]c2=S)cc1. The van der Waals surface area contributed by atoms with E-state index in [0.717, 1.165) is 17.0 Å². The van der Waals surface area contributed by atoms with Crippen LogP contribution in [0.2, 0.25) is 0 Å². The summed E-state index contributed by atoms with van der Waals surface area (Å²) in [6.07, 6.45) is 1.75. The van der Waals surface area contributed by atoms with Crippen molar-refractivity contribution in [2.75, 3.05) is 0 Å². The highest BCUT2D eigenvalue weighted by molar-refractivity contribution is 7.71. The first kappa shape index (κ1) is 14.4. The maximum Gasteiger partial charge on any atom is 0.271 e.